The fourth-order valence-corrected chi connectivity index (χ4v) is 3.22. The van der Waals surface area contributed by atoms with Gasteiger partial charge in [-0.3, -0.25) is 9.69 Å². The molecule has 7 nitrogen and oxygen atoms in total. The summed E-state index contributed by atoms with van der Waals surface area (Å²) in [5, 5.41) is 7.12. The predicted octanol–water partition coefficient (Wildman–Crippen LogP) is 3.71. The van der Waals surface area contributed by atoms with Gasteiger partial charge in [0, 0.05) is 31.2 Å². The molecule has 0 saturated heterocycles. The van der Waals surface area contributed by atoms with Crippen molar-refractivity contribution in [2.45, 2.75) is 59.0 Å². The minimum atomic E-state index is -5.08. The van der Waals surface area contributed by atoms with E-state index in [-0.39, 0.29) is 5.91 Å². The molecule has 3 rings (SSSR count). The molecule has 10 heteroatoms. The molecule has 1 N–H and O–H groups in total. The van der Waals surface area contributed by atoms with Gasteiger partial charge in [-0.1, -0.05) is 18.2 Å². The number of imidazole rings is 1. The molecule has 0 bridgehead atoms. The Kier molecular flexibility index (Phi) is 8.43. The van der Waals surface area contributed by atoms with Gasteiger partial charge in [-0.25, -0.2) is 9.78 Å². The standard InChI is InChI=1S/C20H28N4O.C2HF3O2/c1-15(2)22(4)12-18-19-13-23(10-7-11-24(19)14-21-18)20(25)17-9-6-5-8-16(17)3;3-2(4,5)1(6)7/h5-6,8-9,14-15H,7,10-13H2,1-4H3;(H,6,7). The highest BCUT2D eigenvalue weighted by molar-refractivity contribution is 5.95. The summed E-state index contributed by atoms with van der Waals surface area (Å²) in [6.45, 7) is 9.52. The predicted molar refractivity (Wildman–Crippen MR) is 113 cm³/mol. The molecule has 0 atom stereocenters. The first-order valence-corrected chi connectivity index (χ1v) is 10.3. The van der Waals surface area contributed by atoms with Gasteiger partial charge in [0.25, 0.3) is 5.91 Å². The summed E-state index contributed by atoms with van der Waals surface area (Å²) in [5.74, 6) is -2.64. The maximum Gasteiger partial charge on any atom is 0.490 e. The van der Waals surface area contributed by atoms with Gasteiger partial charge < -0.3 is 14.6 Å². The first-order chi connectivity index (χ1) is 14.9. The Balaban J connectivity index is 0.000000451. The van der Waals surface area contributed by atoms with Crippen LogP contribution >= 0.6 is 0 Å². The number of nitrogens with zero attached hydrogens (tertiary/aromatic N) is 4. The van der Waals surface area contributed by atoms with Crippen molar-refractivity contribution < 1.29 is 27.9 Å². The van der Waals surface area contributed by atoms with Crippen molar-refractivity contribution in [3.05, 3.63) is 53.1 Å². The third kappa shape index (κ3) is 6.56. The second-order valence-corrected chi connectivity index (χ2v) is 8.04. The van der Waals surface area contributed by atoms with Crippen LogP contribution in [0.3, 0.4) is 0 Å². The molecule has 1 aromatic carbocycles. The monoisotopic (exact) mass is 454 g/mol. The van der Waals surface area contributed by atoms with E-state index >= 15 is 0 Å². The highest BCUT2D eigenvalue weighted by Gasteiger charge is 2.38. The van der Waals surface area contributed by atoms with Crippen LogP contribution in [-0.2, 0) is 24.4 Å². The van der Waals surface area contributed by atoms with E-state index < -0.39 is 12.1 Å². The van der Waals surface area contributed by atoms with Crippen LogP contribution in [-0.4, -0.2) is 62.1 Å². The Bertz CT molecular complexity index is 941. The zero-order chi connectivity index (χ0) is 24.1. The first-order valence-electron chi connectivity index (χ1n) is 10.3. The number of carbonyl (C=O) groups excluding carboxylic acids is 1. The number of carboxylic acids is 1. The summed E-state index contributed by atoms with van der Waals surface area (Å²) >= 11 is 0. The Labute approximate surface area is 185 Å². The largest absolute Gasteiger partial charge is 0.490 e. The summed E-state index contributed by atoms with van der Waals surface area (Å²) in [7, 11) is 2.11. The van der Waals surface area contributed by atoms with Gasteiger partial charge in [0.1, 0.15) is 0 Å². The normalized spacial score (nSPS) is 14.0. The molecular weight excluding hydrogens is 425 g/mol. The van der Waals surface area contributed by atoms with E-state index in [1.807, 2.05) is 42.4 Å². The SMILES string of the molecule is Cc1ccccc1C(=O)N1CCCn2cnc(CN(C)C(C)C)c2C1.O=C(O)C(F)(F)F. The van der Waals surface area contributed by atoms with Crippen LogP contribution < -0.4 is 0 Å². The van der Waals surface area contributed by atoms with E-state index in [4.69, 9.17) is 9.90 Å². The van der Waals surface area contributed by atoms with E-state index in [0.717, 1.165) is 42.9 Å². The molecule has 1 aromatic heterocycles. The van der Waals surface area contributed by atoms with Crippen LogP contribution in [0, 0.1) is 6.92 Å². The second kappa shape index (κ2) is 10.6. The Morgan fingerprint density at radius 2 is 1.84 bits per heavy atom. The second-order valence-electron chi connectivity index (χ2n) is 8.04. The van der Waals surface area contributed by atoms with E-state index in [1.54, 1.807) is 0 Å². The zero-order valence-corrected chi connectivity index (χ0v) is 18.7. The molecule has 1 aliphatic heterocycles. The lowest BCUT2D eigenvalue weighted by molar-refractivity contribution is -0.192. The molecule has 176 valence electrons. The molecule has 32 heavy (non-hydrogen) atoms. The van der Waals surface area contributed by atoms with E-state index in [0.29, 0.717) is 12.6 Å². The van der Waals surface area contributed by atoms with E-state index in [9.17, 15) is 18.0 Å². The molecule has 0 fully saturated rings. The number of carboxylic acid groups (broad SMARTS) is 1. The fourth-order valence-electron chi connectivity index (χ4n) is 3.22. The van der Waals surface area contributed by atoms with Gasteiger partial charge in [-0.15, -0.1) is 0 Å². The van der Waals surface area contributed by atoms with Gasteiger partial charge in [0.2, 0.25) is 0 Å². The number of halogens is 3. The maximum absolute atomic E-state index is 13.0. The van der Waals surface area contributed by atoms with Crippen LogP contribution in [0.1, 0.15) is 47.6 Å². The molecule has 0 radical (unpaired) electrons. The van der Waals surface area contributed by atoms with Crippen LogP contribution in [0.2, 0.25) is 0 Å². The highest BCUT2D eigenvalue weighted by Crippen LogP contribution is 2.21. The van der Waals surface area contributed by atoms with Crippen molar-refractivity contribution in [1.82, 2.24) is 19.4 Å². The molecule has 0 spiro atoms. The smallest absolute Gasteiger partial charge is 0.475 e. The third-order valence-corrected chi connectivity index (χ3v) is 5.39. The number of hydrogen-bond donors (Lipinski definition) is 1. The summed E-state index contributed by atoms with van der Waals surface area (Å²) in [5.41, 5.74) is 4.09. The summed E-state index contributed by atoms with van der Waals surface area (Å²) in [6.07, 6.45) is -2.19. The van der Waals surface area contributed by atoms with Gasteiger partial charge >= 0.3 is 12.1 Å². The van der Waals surface area contributed by atoms with Crippen molar-refractivity contribution in [2.24, 2.45) is 0 Å². The topological polar surface area (TPSA) is 78.7 Å². The number of carbonyl (C=O) groups is 2. The van der Waals surface area contributed by atoms with Gasteiger partial charge in [-0.2, -0.15) is 13.2 Å². The van der Waals surface area contributed by atoms with Crippen molar-refractivity contribution in [1.29, 1.82) is 0 Å². The van der Waals surface area contributed by atoms with Crippen LogP contribution in [0.5, 0.6) is 0 Å². The van der Waals surface area contributed by atoms with Crippen LogP contribution in [0.15, 0.2) is 30.6 Å². The number of hydrogen-bond acceptors (Lipinski definition) is 4. The van der Waals surface area contributed by atoms with E-state index in [2.05, 4.69) is 35.3 Å². The third-order valence-electron chi connectivity index (χ3n) is 5.39. The van der Waals surface area contributed by atoms with Crippen LogP contribution in [0.25, 0.3) is 0 Å². The number of aryl methyl sites for hydroxylation is 2. The average Bonchev–Trinajstić information content (AvgIpc) is 2.94. The zero-order valence-electron chi connectivity index (χ0n) is 18.7. The van der Waals surface area contributed by atoms with Gasteiger partial charge in [-0.05, 0) is 45.9 Å². The minimum absolute atomic E-state index is 0.121. The van der Waals surface area contributed by atoms with Crippen LogP contribution in [0.4, 0.5) is 13.2 Å². The lowest BCUT2D eigenvalue weighted by atomic mass is 10.1. The molecule has 2 heterocycles. The number of aliphatic carboxylic acids is 1. The Morgan fingerprint density at radius 3 is 2.41 bits per heavy atom. The fraction of sp³-hybridized carbons (Fsp3) is 0.500. The number of alkyl halides is 3. The summed E-state index contributed by atoms with van der Waals surface area (Å²) < 4.78 is 34.0. The number of benzene rings is 1. The lowest BCUT2D eigenvalue weighted by Gasteiger charge is -2.23. The number of fused-ring (bicyclic) bond motifs is 1. The first kappa shape index (κ1) is 25.4. The van der Waals surface area contributed by atoms with Crippen molar-refractivity contribution in [2.75, 3.05) is 13.6 Å². The molecule has 1 aliphatic rings. The molecular formula is C22H29F3N4O3. The molecule has 1 amide bonds. The van der Waals surface area contributed by atoms with Gasteiger partial charge in [0.15, 0.2) is 0 Å². The van der Waals surface area contributed by atoms with Gasteiger partial charge in [0.05, 0.1) is 24.3 Å². The minimum Gasteiger partial charge on any atom is -0.475 e. The van der Waals surface area contributed by atoms with E-state index in [1.165, 1.54) is 5.69 Å². The molecule has 0 unspecified atom stereocenters. The quantitative estimate of drug-likeness (QED) is 0.762. The molecule has 2 aromatic rings. The van der Waals surface area contributed by atoms with Crippen molar-refractivity contribution >= 4 is 11.9 Å². The summed E-state index contributed by atoms with van der Waals surface area (Å²) in [4.78, 5) is 30.8. The number of aromatic nitrogens is 2. The maximum atomic E-state index is 13.0. The van der Waals surface area contributed by atoms with Crippen molar-refractivity contribution in [3.8, 4) is 0 Å². The molecule has 0 saturated carbocycles. The lowest BCUT2D eigenvalue weighted by Crippen LogP contribution is -2.32. The number of rotatable bonds is 4. The Morgan fingerprint density at radius 1 is 1.22 bits per heavy atom. The Hall–Kier alpha value is -2.88. The van der Waals surface area contributed by atoms with Crippen molar-refractivity contribution in [3.63, 3.8) is 0 Å². The highest BCUT2D eigenvalue weighted by atomic mass is 19.4. The number of amides is 1. The average molecular weight is 454 g/mol. The summed E-state index contributed by atoms with van der Waals surface area (Å²) in [6, 6.07) is 8.30. The molecule has 0 aliphatic carbocycles.